The summed E-state index contributed by atoms with van der Waals surface area (Å²) in [5.74, 6) is -0.158. The average Bonchev–Trinajstić information content (AvgIpc) is 2.94. The van der Waals surface area contributed by atoms with E-state index in [1.807, 2.05) is 18.2 Å². The Kier molecular flexibility index (Phi) is 5.00. The Labute approximate surface area is 115 Å². The minimum absolute atomic E-state index is 0.158. The van der Waals surface area contributed by atoms with Crippen LogP contribution in [0.15, 0.2) is 29.8 Å². The second kappa shape index (κ2) is 6.96. The minimum atomic E-state index is -0.158. The molecule has 2 rings (SSSR count). The van der Waals surface area contributed by atoms with Crippen LogP contribution in [0.1, 0.15) is 16.9 Å². The standard InChI is InChI=1S/C13H15N3O2S/c1-18-8-4-7-15-12(17)11-9-19-13(16-11)10-5-2-3-6-14-10/h2-3,5-6,9H,4,7-8H2,1H3,(H,15,17). The van der Waals surface area contributed by atoms with E-state index in [4.69, 9.17) is 4.74 Å². The Hall–Kier alpha value is -1.79. The topological polar surface area (TPSA) is 64.1 Å². The van der Waals surface area contributed by atoms with Crippen LogP contribution in [0.5, 0.6) is 0 Å². The summed E-state index contributed by atoms with van der Waals surface area (Å²) >= 11 is 1.42. The Morgan fingerprint density at radius 3 is 3.11 bits per heavy atom. The summed E-state index contributed by atoms with van der Waals surface area (Å²) in [6.07, 6.45) is 2.50. The number of aromatic nitrogens is 2. The van der Waals surface area contributed by atoms with Crippen molar-refractivity contribution in [1.82, 2.24) is 15.3 Å². The number of pyridine rings is 1. The van der Waals surface area contributed by atoms with E-state index < -0.39 is 0 Å². The van der Waals surface area contributed by atoms with Crippen LogP contribution in [0, 0.1) is 0 Å². The highest BCUT2D eigenvalue weighted by atomic mass is 32.1. The van der Waals surface area contributed by atoms with Gasteiger partial charge in [-0.2, -0.15) is 0 Å². The molecule has 0 atom stereocenters. The van der Waals surface area contributed by atoms with Crippen molar-refractivity contribution in [2.45, 2.75) is 6.42 Å². The highest BCUT2D eigenvalue weighted by Gasteiger charge is 2.11. The third-order valence-corrected chi connectivity index (χ3v) is 3.30. The number of carbonyl (C=O) groups is 1. The van der Waals surface area contributed by atoms with E-state index >= 15 is 0 Å². The predicted molar refractivity (Wildman–Crippen MR) is 74.2 cm³/mol. The molecule has 19 heavy (non-hydrogen) atoms. The molecular formula is C13H15N3O2S. The van der Waals surface area contributed by atoms with E-state index in [0.29, 0.717) is 18.8 Å². The molecule has 0 aliphatic carbocycles. The lowest BCUT2D eigenvalue weighted by Gasteiger charge is -2.01. The first-order chi connectivity index (χ1) is 9.31. The number of nitrogens with zero attached hydrogens (tertiary/aromatic N) is 2. The molecule has 0 aromatic carbocycles. The molecule has 5 nitrogen and oxygen atoms in total. The van der Waals surface area contributed by atoms with Crippen LogP contribution < -0.4 is 5.32 Å². The number of thiazole rings is 1. The molecule has 0 aliphatic rings. The molecule has 0 radical (unpaired) electrons. The molecule has 1 N–H and O–H groups in total. The number of hydrogen-bond donors (Lipinski definition) is 1. The molecule has 0 spiro atoms. The molecule has 1 amide bonds. The number of carbonyl (C=O) groups excluding carboxylic acids is 1. The molecule has 0 fully saturated rings. The zero-order valence-corrected chi connectivity index (χ0v) is 11.4. The monoisotopic (exact) mass is 277 g/mol. The predicted octanol–water partition coefficient (Wildman–Crippen LogP) is 1.97. The highest BCUT2D eigenvalue weighted by molar-refractivity contribution is 7.13. The van der Waals surface area contributed by atoms with E-state index in [9.17, 15) is 4.79 Å². The van der Waals surface area contributed by atoms with Crippen molar-refractivity contribution in [2.75, 3.05) is 20.3 Å². The van der Waals surface area contributed by atoms with Gasteiger partial charge in [-0.15, -0.1) is 11.3 Å². The van der Waals surface area contributed by atoms with Crippen LogP contribution >= 0.6 is 11.3 Å². The first kappa shape index (κ1) is 13.6. The van der Waals surface area contributed by atoms with Crippen LogP contribution in [0.25, 0.3) is 10.7 Å². The lowest BCUT2D eigenvalue weighted by atomic mass is 10.3. The quantitative estimate of drug-likeness (QED) is 0.820. The summed E-state index contributed by atoms with van der Waals surface area (Å²) in [6, 6.07) is 5.62. The van der Waals surface area contributed by atoms with E-state index in [0.717, 1.165) is 17.1 Å². The zero-order valence-electron chi connectivity index (χ0n) is 10.6. The number of methoxy groups -OCH3 is 1. The lowest BCUT2D eigenvalue weighted by Crippen LogP contribution is -2.25. The van der Waals surface area contributed by atoms with E-state index in [-0.39, 0.29) is 5.91 Å². The summed E-state index contributed by atoms with van der Waals surface area (Å²) in [6.45, 7) is 1.22. The van der Waals surface area contributed by atoms with Gasteiger partial charge in [-0.25, -0.2) is 4.98 Å². The molecule has 2 aromatic heterocycles. The molecule has 0 unspecified atom stereocenters. The van der Waals surface area contributed by atoms with Crippen molar-refractivity contribution in [3.63, 3.8) is 0 Å². The van der Waals surface area contributed by atoms with Gasteiger partial charge in [0.2, 0.25) is 0 Å². The molecule has 6 heteroatoms. The summed E-state index contributed by atoms with van der Waals surface area (Å²) in [7, 11) is 1.64. The first-order valence-corrected chi connectivity index (χ1v) is 6.83. The van der Waals surface area contributed by atoms with Gasteiger partial charge in [0.05, 0.1) is 5.69 Å². The van der Waals surface area contributed by atoms with Crippen LogP contribution in [0.3, 0.4) is 0 Å². The molecule has 0 saturated heterocycles. The van der Waals surface area contributed by atoms with E-state index in [1.54, 1.807) is 18.7 Å². The molecular weight excluding hydrogens is 262 g/mol. The normalized spacial score (nSPS) is 10.4. The molecule has 100 valence electrons. The second-order valence-electron chi connectivity index (χ2n) is 3.86. The molecule has 0 bridgehead atoms. The highest BCUT2D eigenvalue weighted by Crippen LogP contribution is 2.21. The maximum atomic E-state index is 11.8. The van der Waals surface area contributed by atoms with Crippen LogP contribution in [-0.2, 0) is 4.74 Å². The Morgan fingerprint density at radius 2 is 2.37 bits per heavy atom. The molecule has 0 aliphatic heterocycles. The van der Waals surface area contributed by atoms with Crippen LogP contribution in [0.4, 0.5) is 0 Å². The van der Waals surface area contributed by atoms with Gasteiger partial charge < -0.3 is 10.1 Å². The van der Waals surface area contributed by atoms with Crippen molar-refractivity contribution in [2.24, 2.45) is 0 Å². The Bertz CT molecular complexity index is 528. The van der Waals surface area contributed by atoms with Crippen molar-refractivity contribution < 1.29 is 9.53 Å². The second-order valence-corrected chi connectivity index (χ2v) is 4.71. The summed E-state index contributed by atoms with van der Waals surface area (Å²) < 4.78 is 4.92. The Morgan fingerprint density at radius 1 is 1.47 bits per heavy atom. The summed E-state index contributed by atoms with van der Waals surface area (Å²) in [4.78, 5) is 20.3. The number of ether oxygens (including phenoxy) is 1. The number of rotatable bonds is 6. The van der Waals surface area contributed by atoms with Crippen molar-refractivity contribution >= 4 is 17.2 Å². The maximum Gasteiger partial charge on any atom is 0.270 e. The number of nitrogens with one attached hydrogen (secondary N) is 1. The lowest BCUT2D eigenvalue weighted by molar-refractivity contribution is 0.0944. The number of hydrogen-bond acceptors (Lipinski definition) is 5. The SMILES string of the molecule is COCCCNC(=O)c1csc(-c2ccccn2)n1. The van der Waals surface area contributed by atoms with Gasteiger partial charge in [-0.1, -0.05) is 6.07 Å². The van der Waals surface area contributed by atoms with Gasteiger partial charge in [0.1, 0.15) is 10.7 Å². The van der Waals surface area contributed by atoms with Gasteiger partial charge in [-0.3, -0.25) is 9.78 Å². The van der Waals surface area contributed by atoms with Gasteiger partial charge >= 0.3 is 0 Å². The smallest absolute Gasteiger partial charge is 0.270 e. The average molecular weight is 277 g/mol. The zero-order chi connectivity index (χ0) is 13.5. The fourth-order valence-electron chi connectivity index (χ4n) is 1.49. The Balaban J connectivity index is 1.95. The van der Waals surface area contributed by atoms with E-state index in [1.165, 1.54) is 11.3 Å². The largest absolute Gasteiger partial charge is 0.385 e. The first-order valence-electron chi connectivity index (χ1n) is 5.95. The third-order valence-electron chi connectivity index (χ3n) is 2.43. The van der Waals surface area contributed by atoms with Gasteiger partial charge in [0.25, 0.3) is 5.91 Å². The third kappa shape index (κ3) is 3.84. The van der Waals surface area contributed by atoms with Gasteiger partial charge in [0, 0.05) is 31.8 Å². The van der Waals surface area contributed by atoms with Crippen LogP contribution in [-0.4, -0.2) is 36.1 Å². The summed E-state index contributed by atoms with van der Waals surface area (Å²) in [5, 5.41) is 5.30. The fourth-order valence-corrected chi connectivity index (χ4v) is 2.27. The summed E-state index contributed by atoms with van der Waals surface area (Å²) in [5.41, 5.74) is 1.22. The van der Waals surface area contributed by atoms with Crippen molar-refractivity contribution in [1.29, 1.82) is 0 Å². The van der Waals surface area contributed by atoms with Crippen molar-refractivity contribution in [3.8, 4) is 10.7 Å². The van der Waals surface area contributed by atoms with Gasteiger partial charge in [0.15, 0.2) is 0 Å². The number of amides is 1. The van der Waals surface area contributed by atoms with Crippen molar-refractivity contribution in [3.05, 3.63) is 35.5 Å². The molecule has 2 aromatic rings. The van der Waals surface area contributed by atoms with E-state index in [2.05, 4.69) is 15.3 Å². The fraction of sp³-hybridized carbons (Fsp3) is 0.308. The van der Waals surface area contributed by atoms with Crippen LogP contribution in [0.2, 0.25) is 0 Å². The maximum absolute atomic E-state index is 11.8. The minimum Gasteiger partial charge on any atom is -0.385 e. The molecule has 0 saturated carbocycles. The molecule has 2 heterocycles. The van der Waals surface area contributed by atoms with Gasteiger partial charge in [-0.05, 0) is 18.6 Å².